The van der Waals surface area contributed by atoms with Gasteiger partial charge in [-0.15, -0.1) is 4.13 Å². The van der Waals surface area contributed by atoms with Gasteiger partial charge < -0.3 is 0 Å². The van der Waals surface area contributed by atoms with Crippen LogP contribution in [0.1, 0.15) is 22.3 Å². The molecule has 2 rings (SSSR count). The highest BCUT2D eigenvalue weighted by Crippen LogP contribution is 2.23. The van der Waals surface area contributed by atoms with Gasteiger partial charge in [0, 0.05) is 0 Å². The van der Waals surface area contributed by atoms with Gasteiger partial charge in [0.05, 0.1) is 9.79 Å². The Bertz CT molecular complexity index is 966. The lowest BCUT2D eigenvalue weighted by atomic mass is 10.1. The summed E-state index contributed by atoms with van der Waals surface area (Å²) in [6.07, 6.45) is 1.57. The van der Waals surface area contributed by atoms with Crippen molar-refractivity contribution in [3.63, 3.8) is 0 Å². The molecule has 0 fully saturated rings. The van der Waals surface area contributed by atoms with Gasteiger partial charge in [-0.05, 0) is 49.6 Å². The highest BCUT2D eigenvalue weighted by Gasteiger charge is 2.27. The Kier molecular flexibility index (Phi) is 4.98. The van der Waals surface area contributed by atoms with Crippen molar-refractivity contribution in [2.24, 2.45) is 0 Å². The molecule has 0 saturated carbocycles. The van der Waals surface area contributed by atoms with Crippen LogP contribution < -0.4 is 4.13 Å². The van der Waals surface area contributed by atoms with Crippen molar-refractivity contribution in [3.8, 4) is 0 Å². The van der Waals surface area contributed by atoms with E-state index in [-0.39, 0.29) is 9.79 Å². The Balaban J connectivity index is 2.46. The largest absolute Gasteiger partial charge is 0.254 e. The molecule has 0 unspecified atom stereocenters. The lowest BCUT2D eigenvalue weighted by Gasteiger charge is -2.13. The minimum absolute atomic E-state index is 0.0145. The van der Waals surface area contributed by atoms with Gasteiger partial charge in [0.15, 0.2) is 0 Å². The number of hydrogen-bond donors (Lipinski definition) is 1. The van der Waals surface area contributed by atoms with Crippen LogP contribution in [0.5, 0.6) is 0 Å². The maximum atomic E-state index is 12.6. The monoisotopic (exact) mass is 365 g/mol. The van der Waals surface area contributed by atoms with E-state index in [9.17, 15) is 16.8 Å². The zero-order valence-electron chi connectivity index (χ0n) is 13.7. The number of sulfonamides is 2. The highest BCUT2D eigenvalue weighted by molar-refractivity contribution is 8.04. The maximum Gasteiger partial charge on any atom is 0.254 e. The second-order valence-corrected chi connectivity index (χ2v) is 9.15. The van der Waals surface area contributed by atoms with Crippen molar-refractivity contribution in [1.82, 2.24) is 4.13 Å². The van der Waals surface area contributed by atoms with Crippen LogP contribution in [-0.2, 0) is 20.0 Å². The van der Waals surface area contributed by atoms with E-state index < -0.39 is 20.0 Å². The first-order chi connectivity index (χ1) is 11.1. The first-order valence-corrected chi connectivity index (χ1v) is 10.1. The number of aryl methyl sites for hydroxylation is 3. The summed E-state index contributed by atoms with van der Waals surface area (Å²) in [5.41, 5.74) is 2.64. The number of nitrogens with one attached hydrogen (secondary N) is 1. The van der Waals surface area contributed by atoms with Gasteiger partial charge in [-0.1, -0.05) is 42.5 Å². The van der Waals surface area contributed by atoms with Crippen LogP contribution >= 0.6 is 0 Å². The summed E-state index contributed by atoms with van der Waals surface area (Å²) in [5, 5.41) is 0. The number of hydrogen-bond acceptors (Lipinski definition) is 4. The van der Waals surface area contributed by atoms with E-state index in [1.54, 1.807) is 44.2 Å². The number of benzene rings is 2. The lowest BCUT2D eigenvalue weighted by molar-refractivity contribution is 0.576. The topological polar surface area (TPSA) is 80.3 Å². The van der Waals surface area contributed by atoms with Crippen LogP contribution in [0.2, 0.25) is 0 Å². The molecule has 24 heavy (non-hydrogen) atoms. The van der Waals surface area contributed by atoms with Crippen molar-refractivity contribution in [2.45, 2.75) is 30.6 Å². The average molecular weight is 365 g/mol. The Morgan fingerprint density at radius 3 is 1.83 bits per heavy atom. The van der Waals surface area contributed by atoms with E-state index in [1.807, 2.05) is 11.1 Å². The van der Waals surface area contributed by atoms with E-state index in [1.165, 1.54) is 12.1 Å². The number of rotatable bonds is 5. The third kappa shape index (κ3) is 3.75. The maximum absolute atomic E-state index is 12.6. The van der Waals surface area contributed by atoms with Crippen molar-refractivity contribution < 1.29 is 16.8 Å². The first kappa shape index (κ1) is 18.4. The second kappa shape index (κ2) is 6.51. The van der Waals surface area contributed by atoms with E-state index in [4.69, 9.17) is 0 Å². The molecular weight excluding hydrogens is 346 g/mol. The summed E-state index contributed by atoms with van der Waals surface area (Å²) >= 11 is 0. The average Bonchev–Trinajstić information content (AvgIpc) is 2.44. The predicted molar refractivity (Wildman–Crippen MR) is 94.7 cm³/mol. The summed E-state index contributed by atoms with van der Waals surface area (Å²) < 4.78 is 51.8. The fraction of sp³-hybridized carbons (Fsp3) is 0.176. The summed E-state index contributed by atoms with van der Waals surface area (Å²) in [6, 6.07) is 9.18. The summed E-state index contributed by atoms with van der Waals surface area (Å²) in [6.45, 7) is 8.71. The van der Waals surface area contributed by atoms with Crippen molar-refractivity contribution in [3.05, 3.63) is 65.2 Å². The van der Waals surface area contributed by atoms with Gasteiger partial charge in [-0.25, -0.2) is 16.8 Å². The zero-order chi connectivity index (χ0) is 18.1. The molecule has 2 aromatic rings. The molecule has 0 amide bonds. The van der Waals surface area contributed by atoms with Gasteiger partial charge in [0.1, 0.15) is 0 Å². The van der Waals surface area contributed by atoms with Crippen LogP contribution in [0, 0.1) is 20.8 Å². The Labute approximate surface area is 143 Å². The molecule has 0 aliphatic carbocycles. The molecule has 0 bridgehead atoms. The summed E-state index contributed by atoms with van der Waals surface area (Å²) in [7, 11) is -8.43. The third-order valence-corrected chi connectivity index (χ3v) is 7.35. The zero-order valence-corrected chi connectivity index (χ0v) is 15.3. The minimum Gasteiger partial charge on any atom is -0.206 e. The van der Waals surface area contributed by atoms with Gasteiger partial charge in [0.2, 0.25) is 0 Å². The Hall–Kier alpha value is -1.96. The molecule has 0 aliphatic rings. The second-order valence-electron chi connectivity index (χ2n) is 5.59. The standard InChI is InChI=1S/C17H19NO4S2/c1-5-15-6-8-16(9-7-15)23(19,20)18-24(21,22)17-13(3)10-12(2)11-14(17)4/h5-11,18H,1H2,2-4H3. The Morgan fingerprint density at radius 2 is 1.38 bits per heavy atom. The molecule has 7 heteroatoms. The molecular formula is C17H19NO4S2. The van der Waals surface area contributed by atoms with Gasteiger partial charge in [-0.3, -0.25) is 0 Å². The fourth-order valence-electron chi connectivity index (χ4n) is 2.61. The molecule has 0 radical (unpaired) electrons. The van der Waals surface area contributed by atoms with Crippen molar-refractivity contribution in [2.75, 3.05) is 0 Å². The summed E-state index contributed by atoms with van der Waals surface area (Å²) in [4.78, 5) is -0.140. The Morgan fingerprint density at radius 1 is 0.875 bits per heavy atom. The molecule has 0 aliphatic heterocycles. The molecule has 128 valence electrons. The normalized spacial score (nSPS) is 12.1. The van der Waals surface area contributed by atoms with Gasteiger partial charge in [0.25, 0.3) is 20.0 Å². The molecule has 5 nitrogen and oxygen atoms in total. The fourth-order valence-corrected chi connectivity index (χ4v) is 5.94. The van der Waals surface area contributed by atoms with Crippen LogP contribution in [0.4, 0.5) is 0 Å². The van der Waals surface area contributed by atoms with Gasteiger partial charge in [-0.2, -0.15) is 0 Å². The van der Waals surface area contributed by atoms with Crippen LogP contribution in [-0.4, -0.2) is 16.8 Å². The van der Waals surface area contributed by atoms with Crippen molar-refractivity contribution >= 4 is 26.1 Å². The van der Waals surface area contributed by atoms with Crippen LogP contribution in [0.25, 0.3) is 6.08 Å². The van der Waals surface area contributed by atoms with Crippen LogP contribution in [0.3, 0.4) is 0 Å². The smallest absolute Gasteiger partial charge is 0.206 e. The third-order valence-electron chi connectivity index (χ3n) is 3.52. The first-order valence-electron chi connectivity index (χ1n) is 7.16. The molecule has 2 aromatic carbocycles. The molecule has 0 aromatic heterocycles. The minimum atomic E-state index is -4.22. The summed E-state index contributed by atoms with van der Waals surface area (Å²) in [5.74, 6) is 0. The quantitative estimate of drug-likeness (QED) is 0.883. The molecule has 0 atom stereocenters. The van der Waals surface area contributed by atoms with E-state index in [0.717, 1.165) is 11.1 Å². The SMILES string of the molecule is C=Cc1ccc(S(=O)(=O)NS(=O)(=O)c2c(C)cc(C)cc2C)cc1. The molecule has 1 N–H and O–H groups in total. The van der Waals surface area contributed by atoms with E-state index in [2.05, 4.69) is 6.58 Å². The highest BCUT2D eigenvalue weighted by atomic mass is 32.3. The van der Waals surface area contributed by atoms with Crippen LogP contribution in [0.15, 0.2) is 52.8 Å². The molecule has 0 heterocycles. The van der Waals surface area contributed by atoms with E-state index in [0.29, 0.717) is 11.1 Å². The molecule has 0 saturated heterocycles. The lowest BCUT2D eigenvalue weighted by Crippen LogP contribution is -2.31. The molecule has 0 spiro atoms. The van der Waals surface area contributed by atoms with E-state index >= 15 is 0 Å². The van der Waals surface area contributed by atoms with Gasteiger partial charge >= 0.3 is 0 Å². The van der Waals surface area contributed by atoms with Crippen molar-refractivity contribution in [1.29, 1.82) is 0 Å². The predicted octanol–water partition coefficient (Wildman–Crippen LogP) is 2.92.